The predicted molar refractivity (Wildman–Crippen MR) is 105 cm³/mol. The molecule has 0 spiro atoms. The van der Waals surface area contributed by atoms with Crippen molar-refractivity contribution in [1.82, 2.24) is 9.80 Å². The van der Waals surface area contributed by atoms with Crippen molar-refractivity contribution >= 4 is 24.0 Å². The Morgan fingerprint density at radius 2 is 1.76 bits per heavy atom. The molecular formula is C20H26ClN3O. The van der Waals surface area contributed by atoms with Gasteiger partial charge >= 0.3 is 0 Å². The van der Waals surface area contributed by atoms with Gasteiger partial charge in [0.05, 0.1) is 6.42 Å². The van der Waals surface area contributed by atoms with Crippen molar-refractivity contribution in [3.05, 3.63) is 65.2 Å². The van der Waals surface area contributed by atoms with Crippen LogP contribution < -0.4 is 5.73 Å². The molecule has 0 bridgehead atoms. The van der Waals surface area contributed by atoms with Gasteiger partial charge in [-0.05, 0) is 35.7 Å². The summed E-state index contributed by atoms with van der Waals surface area (Å²) in [4.78, 5) is 16.9. The number of benzene rings is 2. The van der Waals surface area contributed by atoms with Crippen molar-refractivity contribution in [3.8, 4) is 0 Å². The Labute approximate surface area is 156 Å². The zero-order valence-corrected chi connectivity index (χ0v) is 15.5. The third-order valence-electron chi connectivity index (χ3n) is 4.69. The van der Waals surface area contributed by atoms with Gasteiger partial charge in [-0.25, -0.2) is 0 Å². The number of carbonyl (C=O) groups excluding carboxylic acids is 1. The number of nitrogens with zero attached hydrogens (tertiary/aromatic N) is 2. The third-order valence-corrected chi connectivity index (χ3v) is 4.69. The van der Waals surface area contributed by atoms with Crippen molar-refractivity contribution in [2.45, 2.75) is 19.9 Å². The first-order chi connectivity index (χ1) is 11.6. The highest BCUT2D eigenvalue weighted by Gasteiger charge is 2.21. The Bertz CT molecular complexity index is 712. The summed E-state index contributed by atoms with van der Waals surface area (Å²) in [6.07, 6.45) is 0.502. The second-order valence-electron chi connectivity index (χ2n) is 6.51. The molecule has 3 rings (SSSR count). The Morgan fingerprint density at radius 1 is 1.04 bits per heavy atom. The highest BCUT2D eigenvalue weighted by atomic mass is 35.5. The number of amides is 1. The molecule has 0 atom stereocenters. The lowest BCUT2D eigenvalue weighted by Gasteiger charge is -2.35. The SMILES string of the molecule is Cc1ccccc1CC(=O)N1CCN(Cc2cccc(N)c2)CC1.Cl. The van der Waals surface area contributed by atoms with E-state index in [1.54, 1.807) is 0 Å². The van der Waals surface area contributed by atoms with Gasteiger partial charge < -0.3 is 10.6 Å². The zero-order chi connectivity index (χ0) is 16.9. The lowest BCUT2D eigenvalue weighted by atomic mass is 10.1. The molecule has 2 aromatic rings. The van der Waals surface area contributed by atoms with E-state index in [4.69, 9.17) is 5.73 Å². The van der Waals surface area contributed by atoms with Gasteiger partial charge in [-0.2, -0.15) is 0 Å². The average Bonchev–Trinajstić information content (AvgIpc) is 2.57. The number of piperazine rings is 1. The van der Waals surface area contributed by atoms with Crippen molar-refractivity contribution in [1.29, 1.82) is 0 Å². The Morgan fingerprint density at radius 3 is 2.44 bits per heavy atom. The number of hydrogen-bond acceptors (Lipinski definition) is 3. The summed E-state index contributed by atoms with van der Waals surface area (Å²) < 4.78 is 0. The highest BCUT2D eigenvalue weighted by molar-refractivity contribution is 5.85. The van der Waals surface area contributed by atoms with E-state index in [0.717, 1.165) is 44.0 Å². The maximum Gasteiger partial charge on any atom is 0.227 e. The maximum atomic E-state index is 12.5. The van der Waals surface area contributed by atoms with Crippen LogP contribution in [0.1, 0.15) is 16.7 Å². The van der Waals surface area contributed by atoms with E-state index in [0.29, 0.717) is 6.42 Å². The van der Waals surface area contributed by atoms with E-state index in [1.807, 2.05) is 41.3 Å². The minimum atomic E-state index is 0. The lowest BCUT2D eigenvalue weighted by Crippen LogP contribution is -2.48. The topological polar surface area (TPSA) is 49.6 Å². The third kappa shape index (κ3) is 5.21. The molecule has 2 aromatic carbocycles. The van der Waals surface area contributed by atoms with Crippen LogP contribution in [0.2, 0.25) is 0 Å². The van der Waals surface area contributed by atoms with Crippen molar-refractivity contribution in [2.75, 3.05) is 31.9 Å². The van der Waals surface area contributed by atoms with Gasteiger partial charge in [-0.3, -0.25) is 9.69 Å². The smallest absolute Gasteiger partial charge is 0.227 e. The summed E-state index contributed by atoms with van der Waals surface area (Å²) >= 11 is 0. The number of nitrogens with two attached hydrogens (primary N) is 1. The van der Waals surface area contributed by atoms with Crippen LogP contribution in [0.4, 0.5) is 5.69 Å². The fraction of sp³-hybridized carbons (Fsp3) is 0.350. The number of aryl methyl sites for hydroxylation is 1. The second kappa shape index (κ2) is 8.88. The zero-order valence-electron chi connectivity index (χ0n) is 14.6. The van der Waals surface area contributed by atoms with Gasteiger partial charge in [-0.15, -0.1) is 12.4 Å². The molecule has 5 heteroatoms. The highest BCUT2D eigenvalue weighted by Crippen LogP contribution is 2.14. The molecule has 0 saturated carbocycles. The second-order valence-corrected chi connectivity index (χ2v) is 6.51. The van der Waals surface area contributed by atoms with Crippen LogP contribution in [0, 0.1) is 6.92 Å². The number of nitrogen functional groups attached to an aromatic ring is 1. The van der Waals surface area contributed by atoms with Crippen molar-refractivity contribution in [2.24, 2.45) is 0 Å². The minimum Gasteiger partial charge on any atom is -0.399 e. The molecular weight excluding hydrogens is 334 g/mol. The van der Waals surface area contributed by atoms with Gasteiger partial charge in [0, 0.05) is 38.4 Å². The largest absolute Gasteiger partial charge is 0.399 e. The quantitative estimate of drug-likeness (QED) is 0.854. The Hall–Kier alpha value is -2.04. The van der Waals surface area contributed by atoms with Crippen LogP contribution in [0.15, 0.2) is 48.5 Å². The maximum absolute atomic E-state index is 12.5. The number of hydrogen-bond donors (Lipinski definition) is 1. The van der Waals surface area contributed by atoms with Crippen LogP contribution in [0.5, 0.6) is 0 Å². The molecule has 0 radical (unpaired) electrons. The molecule has 1 saturated heterocycles. The summed E-state index contributed by atoms with van der Waals surface area (Å²) in [5.41, 5.74) is 10.2. The first-order valence-electron chi connectivity index (χ1n) is 8.51. The van der Waals surface area contributed by atoms with Gasteiger partial charge in [0.25, 0.3) is 0 Å². The first kappa shape index (κ1) is 19.3. The van der Waals surface area contributed by atoms with Gasteiger partial charge in [0.15, 0.2) is 0 Å². The predicted octanol–water partition coefficient (Wildman–Crippen LogP) is 2.89. The number of rotatable bonds is 4. The van der Waals surface area contributed by atoms with E-state index in [1.165, 1.54) is 11.1 Å². The molecule has 4 nitrogen and oxygen atoms in total. The number of halogens is 1. The van der Waals surface area contributed by atoms with E-state index < -0.39 is 0 Å². The molecule has 134 valence electrons. The van der Waals surface area contributed by atoms with Crippen molar-refractivity contribution in [3.63, 3.8) is 0 Å². The molecule has 0 aliphatic carbocycles. The van der Waals surface area contributed by atoms with Crippen LogP contribution in [0.3, 0.4) is 0 Å². The first-order valence-corrected chi connectivity index (χ1v) is 8.51. The molecule has 0 unspecified atom stereocenters. The monoisotopic (exact) mass is 359 g/mol. The van der Waals surface area contributed by atoms with E-state index in [2.05, 4.69) is 24.0 Å². The molecule has 2 N–H and O–H groups in total. The number of carbonyl (C=O) groups is 1. The van der Waals surface area contributed by atoms with Gasteiger partial charge in [0.2, 0.25) is 5.91 Å². The van der Waals surface area contributed by atoms with Crippen molar-refractivity contribution < 1.29 is 4.79 Å². The fourth-order valence-electron chi connectivity index (χ4n) is 3.19. The lowest BCUT2D eigenvalue weighted by molar-refractivity contribution is -0.132. The molecule has 1 amide bonds. The average molecular weight is 360 g/mol. The summed E-state index contributed by atoms with van der Waals surface area (Å²) in [6.45, 7) is 6.37. The summed E-state index contributed by atoms with van der Waals surface area (Å²) in [5, 5.41) is 0. The van der Waals surface area contributed by atoms with Gasteiger partial charge in [0.1, 0.15) is 0 Å². The van der Waals surface area contributed by atoms with Crippen LogP contribution >= 0.6 is 12.4 Å². The summed E-state index contributed by atoms with van der Waals surface area (Å²) in [5.74, 6) is 0.230. The van der Waals surface area contributed by atoms with E-state index in [9.17, 15) is 4.79 Å². The standard InChI is InChI=1S/C20H25N3O.ClH/c1-16-5-2-3-7-18(16)14-20(24)23-11-9-22(10-12-23)15-17-6-4-8-19(21)13-17;/h2-8,13H,9-12,14-15,21H2,1H3;1H. The molecule has 1 aliphatic heterocycles. The molecule has 0 aromatic heterocycles. The fourth-order valence-corrected chi connectivity index (χ4v) is 3.19. The summed E-state index contributed by atoms with van der Waals surface area (Å²) in [6, 6.07) is 16.1. The van der Waals surface area contributed by atoms with E-state index >= 15 is 0 Å². The number of anilines is 1. The normalized spacial score (nSPS) is 14.8. The van der Waals surface area contributed by atoms with E-state index in [-0.39, 0.29) is 18.3 Å². The Kier molecular flexibility index (Phi) is 6.85. The minimum absolute atomic E-state index is 0. The Balaban J connectivity index is 0.00000225. The molecule has 1 aliphatic rings. The molecule has 1 fully saturated rings. The molecule has 25 heavy (non-hydrogen) atoms. The van der Waals surface area contributed by atoms with Gasteiger partial charge in [-0.1, -0.05) is 36.4 Å². The van der Waals surface area contributed by atoms with Crippen LogP contribution in [0.25, 0.3) is 0 Å². The summed E-state index contributed by atoms with van der Waals surface area (Å²) in [7, 11) is 0. The van der Waals surface area contributed by atoms with Crippen LogP contribution in [-0.4, -0.2) is 41.9 Å². The molecule has 1 heterocycles. The van der Waals surface area contributed by atoms with Crippen LogP contribution in [-0.2, 0) is 17.8 Å².